The number of hydrogen-bond donors (Lipinski definition) is 1. The van der Waals surface area contributed by atoms with Gasteiger partial charge in [0.2, 0.25) is 10.0 Å². The van der Waals surface area contributed by atoms with Gasteiger partial charge in [0, 0.05) is 6.04 Å². The van der Waals surface area contributed by atoms with Crippen molar-refractivity contribution in [3.63, 3.8) is 0 Å². The van der Waals surface area contributed by atoms with E-state index in [4.69, 9.17) is 0 Å². The van der Waals surface area contributed by atoms with Gasteiger partial charge in [-0.05, 0) is 48.1 Å². The van der Waals surface area contributed by atoms with Crippen molar-refractivity contribution in [3.05, 3.63) is 70.8 Å². The zero-order valence-electron chi connectivity index (χ0n) is 14.1. The minimum absolute atomic E-state index is 0.118. The van der Waals surface area contributed by atoms with Crippen molar-refractivity contribution in [2.24, 2.45) is 0 Å². The highest BCUT2D eigenvalue weighted by molar-refractivity contribution is 7.88. The van der Waals surface area contributed by atoms with E-state index in [1.165, 1.54) is 12.7 Å². The van der Waals surface area contributed by atoms with E-state index < -0.39 is 16.0 Å². The first-order valence-electron chi connectivity index (χ1n) is 8.23. The third kappa shape index (κ3) is 4.27. The van der Waals surface area contributed by atoms with E-state index in [1.807, 2.05) is 18.2 Å². The van der Waals surface area contributed by atoms with Gasteiger partial charge in [0.15, 0.2) is 0 Å². The minimum Gasteiger partial charge on any atom is -0.465 e. The smallest absolute Gasteiger partial charge is 0.337 e. The Morgan fingerprint density at radius 1 is 1.16 bits per heavy atom. The maximum atomic E-state index is 12.6. The van der Waals surface area contributed by atoms with Gasteiger partial charge < -0.3 is 4.74 Å². The van der Waals surface area contributed by atoms with Crippen LogP contribution in [0.3, 0.4) is 0 Å². The zero-order chi connectivity index (χ0) is 17.9. The highest BCUT2D eigenvalue weighted by atomic mass is 32.2. The Kier molecular flexibility index (Phi) is 5.20. The molecule has 3 rings (SSSR count). The van der Waals surface area contributed by atoms with E-state index in [0.29, 0.717) is 11.1 Å². The van der Waals surface area contributed by atoms with Crippen molar-refractivity contribution in [2.45, 2.75) is 31.1 Å². The lowest BCUT2D eigenvalue weighted by molar-refractivity contribution is 0.0600. The van der Waals surface area contributed by atoms with Crippen LogP contribution < -0.4 is 4.72 Å². The van der Waals surface area contributed by atoms with Gasteiger partial charge >= 0.3 is 5.97 Å². The lowest BCUT2D eigenvalue weighted by Crippen LogP contribution is -2.32. The second-order valence-electron chi connectivity index (χ2n) is 6.21. The fourth-order valence-corrected chi connectivity index (χ4v) is 4.60. The molecule has 0 radical (unpaired) electrons. The van der Waals surface area contributed by atoms with E-state index >= 15 is 0 Å². The Labute approximate surface area is 148 Å². The fourth-order valence-electron chi connectivity index (χ4n) is 3.21. The fraction of sp³-hybridized carbons (Fsp3) is 0.316. The van der Waals surface area contributed by atoms with E-state index in [-0.39, 0.29) is 11.8 Å². The lowest BCUT2D eigenvalue weighted by Gasteiger charge is -2.26. The maximum absolute atomic E-state index is 12.6. The van der Waals surface area contributed by atoms with Crippen LogP contribution in [0.25, 0.3) is 0 Å². The number of esters is 1. The minimum atomic E-state index is -3.48. The number of rotatable bonds is 5. The summed E-state index contributed by atoms with van der Waals surface area (Å²) in [7, 11) is -2.17. The zero-order valence-corrected chi connectivity index (χ0v) is 14.9. The molecule has 2 aromatic rings. The molecule has 25 heavy (non-hydrogen) atoms. The number of ether oxygens (including phenoxy) is 1. The SMILES string of the molecule is COC(=O)c1ccc(CS(=O)(=O)NC2CCCc3ccccc32)cc1. The molecule has 1 atom stereocenters. The summed E-state index contributed by atoms with van der Waals surface area (Å²) in [5.41, 5.74) is 3.31. The standard InChI is InChI=1S/C19H21NO4S/c1-24-19(21)16-11-9-14(10-12-16)13-25(22,23)20-18-8-4-6-15-5-2-3-7-17(15)18/h2-3,5,7,9-12,18,20H,4,6,8,13H2,1H3. The molecule has 0 saturated heterocycles. The van der Waals surface area contributed by atoms with Crippen LogP contribution >= 0.6 is 0 Å². The van der Waals surface area contributed by atoms with Crippen LogP contribution in [0.5, 0.6) is 0 Å². The normalized spacial score (nSPS) is 16.9. The van der Waals surface area contributed by atoms with Crippen LogP contribution in [-0.4, -0.2) is 21.5 Å². The molecule has 2 aromatic carbocycles. The first-order chi connectivity index (χ1) is 12.0. The molecule has 0 aliphatic heterocycles. The molecule has 0 heterocycles. The summed E-state index contributed by atoms with van der Waals surface area (Å²) in [6, 6.07) is 14.2. The molecule has 1 N–H and O–H groups in total. The molecular weight excluding hydrogens is 338 g/mol. The number of nitrogens with one attached hydrogen (secondary N) is 1. The summed E-state index contributed by atoms with van der Waals surface area (Å²) in [6.45, 7) is 0. The van der Waals surface area contributed by atoms with Crippen molar-refractivity contribution < 1.29 is 17.9 Å². The number of aryl methyl sites for hydroxylation is 1. The summed E-state index contributed by atoms with van der Waals surface area (Å²) >= 11 is 0. The molecule has 1 aliphatic carbocycles. The number of sulfonamides is 1. The summed E-state index contributed by atoms with van der Waals surface area (Å²) in [6.07, 6.45) is 2.76. The maximum Gasteiger partial charge on any atom is 0.337 e. The van der Waals surface area contributed by atoms with Gasteiger partial charge in [-0.1, -0.05) is 36.4 Å². The number of carbonyl (C=O) groups excluding carboxylic acids is 1. The first kappa shape index (κ1) is 17.6. The Bertz CT molecular complexity index is 859. The Morgan fingerprint density at radius 2 is 1.88 bits per heavy atom. The third-order valence-electron chi connectivity index (χ3n) is 4.42. The average molecular weight is 359 g/mol. The van der Waals surface area contributed by atoms with Gasteiger partial charge in [-0.15, -0.1) is 0 Å². The van der Waals surface area contributed by atoms with Crippen LogP contribution in [0.15, 0.2) is 48.5 Å². The second-order valence-corrected chi connectivity index (χ2v) is 7.96. The van der Waals surface area contributed by atoms with E-state index in [9.17, 15) is 13.2 Å². The lowest BCUT2D eigenvalue weighted by atomic mass is 9.88. The third-order valence-corrected chi connectivity index (χ3v) is 5.78. The number of benzene rings is 2. The van der Waals surface area contributed by atoms with E-state index in [1.54, 1.807) is 24.3 Å². The highest BCUT2D eigenvalue weighted by Gasteiger charge is 2.24. The van der Waals surface area contributed by atoms with Crippen LogP contribution in [0, 0.1) is 0 Å². The molecule has 0 aromatic heterocycles. The Morgan fingerprint density at radius 3 is 2.60 bits per heavy atom. The monoisotopic (exact) mass is 359 g/mol. The Hall–Kier alpha value is -2.18. The van der Waals surface area contributed by atoms with E-state index in [2.05, 4.69) is 15.5 Å². The molecule has 5 nitrogen and oxygen atoms in total. The van der Waals surface area contributed by atoms with Gasteiger partial charge in [-0.3, -0.25) is 0 Å². The van der Waals surface area contributed by atoms with Crippen LogP contribution in [-0.2, 0) is 26.9 Å². The molecule has 0 spiro atoms. The second kappa shape index (κ2) is 7.37. The molecule has 0 saturated carbocycles. The molecule has 0 amide bonds. The first-order valence-corrected chi connectivity index (χ1v) is 9.89. The summed E-state index contributed by atoms with van der Waals surface area (Å²) in [4.78, 5) is 11.4. The van der Waals surface area contributed by atoms with Crippen LogP contribution in [0.4, 0.5) is 0 Å². The Balaban J connectivity index is 1.72. The van der Waals surface area contributed by atoms with Crippen molar-refractivity contribution in [3.8, 4) is 0 Å². The number of carbonyl (C=O) groups is 1. The van der Waals surface area contributed by atoms with Gasteiger partial charge in [-0.25, -0.2) is 17.9 Å². The van der Waals surface area contributed by atoms with Gasteiger partial charge in [-0.2, -0.15) is 0 Å². The van der Waals surface area contributed by atoms with Gasteiger partial charge in [0.25, 0.3) is 0 Å². The summed E-state index contributed by atoms with van der Waals surface area (Å²) in [5, 5.41) is 0. The van der Waals surface area contributed by atoms with Crippen molar-refractivity contribution in [1.29, 1.82) is 0 Å². The topological polar surface area (TPSA) is 72.5 Å². The molecule has 1 unspecified atom stereocenters. The van der Waals surface area contributed by atoms with Crippen molar-refractivity contribution in [1.82, 2.24) is 4.72 Å². The van der Waals surface area contributed by atoms with Crippen LogP contribution in [0.2, 0.25) is 0 Å². The number of hydrogen-bond acceptors (Lipinski definition) is 4. The predicted octanol–water partition coefficient (Wildman–Crippen LogP) is 2.97. The molecule has 1 aliphatic rings. The summed E-state index contributed by atoms with van der Waals surface area (Å²) < 4.78 is 32.6. The van der Waals surface area contributed by atoms with Crippen molar-refractivity contribution in [2.75, 3.05) is 7.11 Å². The highest BCUT2D eigenvalue weighted by Crippen LogP contribution is 2.30. The number of fused-ring (bicyclic) bond motifs is 1. The van der Waals surface area contributed by atoms with Crippen LogP contribution in [0.1, 0.15) is 45.9 Å². The number of methoxy groups -OCH3 is 1. The van der Waals surface area contributed by atoms with Gasteiger partial charge in [0.05, 0.1) is 18.4 Å². The largest absolute Gasteiger partial charge is 0.465 e. The molecule has 0 bridgehead atoms. The van der Waals surface area contributed by atoms with E-state index in [0.717, 1.165) is 24.8 Å². The average Bonchev–Trinajstić information content (AvgIpc) is 2.61. The van der Waals surface area contributed by atoms with Gasteiger partial charge in [0.1, 0.15) is 0 Å². The molecular formula is C19H21NO4S. The molecule has 6 heteroatoms. The molecule has 0 fully saturated rings. The predicted molar refractivity (Wildman–Crippen MR) is 95.7 cm³/mol. The molecule has 132 valence electrons. The van der Waals surface area contributed by atoms with Crippen molar-refractivity contribution >= 4 is 16.0 Å². The quantitative estimate of drug-likeness (QED) is 0.833. The summed E-state index contributed by atoms with van der Waals surface area (Å²) in [5.74, 6) is -0.557.